The van der Waals surface area contributed by atoms with Gasteiger partial charge in [-0.25, -0.2) is 0 Å². The first-order valence-corrected chi connectivity index (χ1v) is 7.77. The van der Waals surface area contributed by atoms with E-state index < -0.39 is 0 Å². The Balaban J connectivity index is 1.98. The molecule has 1 saturated heterocycles. The summed E-state index contributed by atoms with van der Waals surface area (Å²) in [4.78, 5) is 17.1. The molecule has 1 aliphatic carbocycles. The molecule has 2 N–H and O–H groups in total. The van der Waals surface area contributed by atoms with Gasteiger partial charge in [0.05, 0.1) is 5.92 Å². The van der Waals surface area contributed by atoms with Crippen LogP contribution in [-0.2, 0) is 4.79 Å². The van der Waals surface area contributed by atoms with Crippen LogP contribution in [0.5, 0.6) is 0 Å². The van der Waals surface area contributed by atoms with Crippen LogP contribution in [0.15, 0.2) is 0 Å². The Morgan fingerprint density at radius 1 is 1.32 bits per heavy atom. The molecule has 1 saturated carbocycles. The summed E-state index contributed by atoms with van der Waals surface area (Å²) in [5.41, 5.74) is 6.19. The zero-order valence-corrected chi connectivity index (χ0v) is 12.6. The average Bonchev–Trinajstić information content (AvgIpc) is 2.41. The maximum atomic E-state index is 12.7. The van der Waals surface area contributed by atoms with Gasteiger partial charge in [-0.05, 0) is 38.6 Å². The van der Waals surface area contributed by atoms with Crippen molar-refractivity contribution in [2.45, 2.75) is 51.6 Å². The predicted molar refractivity (Wildman–Crippen MR) is 77.8 cm³/mol. The monoisotopic (exact) mass is 267 g/mol. The molecule has 4 atom stereocenters. The van der Waals surface area contributed by atoms with Gasteiger partial charge in [0.2, 0.25) is 5.91 Å². The molecule has 0 radical (unpaired) electrons. The summed E-state index contributed by atoms with van der Waals surface area (Å²) in [7, 11) is 2.16. The zero-order chi connectivity index (χ0) is 14.0. The second-order valence-electron chi connectivity index (χ2n) is 6.52. The van der Waals surface area contributed by atoms with Crippen molar-refractivity contribution in [1.82, 2.24) is 9.80 Å². The van der Waals surface area contributed by atoms with Crippen molar-refractivity contribution in [1.29, 1.82) is 0 Å². The molecule has 2 rings (SSSR count). The van der Waals surface area contributed by atoms with Crippen molar-refractivity contribution in [2.75, 3.05) is 26.7 Å². The third-order valence-electron chi connectivity index (χ3n) is 5.04. The summed E-state index contributed by atoms with van der Waals surface area (Å²) >= 11 is 0. The Bertz CT molecular complexity index is 321. The summed E-state index contributed by atoms with van der Waals surface area (Å²) in [6.45, 7) is 7.17. The number of hydrogen-bond acceptors (Lipinski definition) is 3. The first-order chi connectivity index (χ1) is 9.02. The van der Waals surface area contributed by atoms with Crippen molar-refractivity contribution in [3.63, 3.8) is 0 Å². The molecule has 0 aromatic rings. The largest absolute Gasteiger partial charge is 0.340 e. The minimum atomic E-state index is 0.0599. The number of rotatable bonds is 2. The van der Waals surface area contributed by atoms with Crippen LogP contribution in [0.2, 0.25) is 0 Å². The zero-order valence-electron chi connectivity index (χ0n) is 12.6. The van der Waals surface area contributed by atoms with Gasteiger partial charge >= 0.3 is 0 Å². The maximum absolute atomic E-state index is 12.7. The lowest BCUT2D eigenvalue weighted by molar-refractivity contribution is -0.140. The van der Waals surface area contributed by atoms with Crippen LogP contribution in [0.3, 0.4) is 0 Å². The first kappa shape index (κ1) is 14.8. The normalized spacial score (nSPS) is 37.4. The third kappa shape index (κ3) is 3.29. The van der Waals surface area contributed by atoms with Crippen LogP contribution in [0.25, 0.3) is 0 Å². The molecule has 0 aromatic heterocycles. The number of nitrogens with zero attached hydrogens (tertiary/aromatic N) is 2. The van der Waals surface area contributed by atoms with Gasteiger partial charge in [0.1, 0.15) is 0 Å². The van der Waals surface area contributed by atoms with E-state index in [9.17, 15) is 4.79 Å². The molecule has 1 amide bonds. The van der Waals surface area contributed by atoms with Gasteiger partial charge in [0, 0.05) is 31.7 Å². The van der Waals surface area contributed by atoms with E-state index in [4.69, 9.17) is 5.73 Å². The van der Waals surface area contributed by atoms with Crippen molar-refractivity contribution < 1.29 is 4.79 Å². The van der Waals surface area contributed by atoms with Crippen molar-refractivity contribution in [2.24, 2.45) is 17.6 Å². The highest BCUT2D eigenvalue weighted by Gasteiger charge is 2.36. The first-order valence-electron chi connectivity index (χ1n) is 7.77. The van der Waals surface area contributed by atoms with E-state index in [0.29, 0.717) is 17.9 Å². The van der Waals surface area contributed by atoms with E-state index in [1.165, 1.54) is 6.42 Å². The van der Waals surface area contributed by atoms with E-state index in [-0.39, 0.29) is 12.0 Å². The van der Waals surface area contributed by atoms with E-state index in [2.05, 4.69) is 30.7 Å². The number of nitrogens with two attached hydrogens (primary N) is 1. The molecule has 0 bridgehead atoms. The maximum Gasteiger partial charge on any atom is 0.227 e. The van der Waals surface area contributed by atoms with Gasteiger partial charge < -0.3 is 10.6 Å². The summed E-state index contributed by atoms with van der Waals surface area (Å²) in [5, 5.41) is 0. The molecule has 1 heterocycles. The molecule has 110 valence electrons. The number of carbonyl (C=O) groups excluding carboxylic acids is 1. The quantitative estimate of drug-likeness (QED) is 0.820. The molecule has 19 heavy (non-hydrogen) atoms. The van der Waals surface area contributed by atoms with E-state index in [1.54, 1.807) is 0 Å². The van der Waals surface area contributed by atoms with Crippen molar-refractivity contribution >= 4 is 5.91 Å². The van der Waals surface area contributed by atoms with Crippen LogP contribution in [0.4, 0.5) is 0 Å². The number of hydrogen-bond donors (Lipinski definition) is 1. The van der Waals surface area contributed by atoms with Crippen LogP contribution >= 0.6 is 0 Å². The van der Waals surface area contributed by atoms with Crippen LogP contribution < -0.4 is 5.73 Å². The highest BCUT2D eigenvalue weighted by molar-refractivity contribution is 5.80. The Morgan fingerprint density at radius 3 is 2.74 bits per heavy atom. The standard InChI is InChI=1S/C15H29N3O/c1-4-12-10-18(8-7-17(12)3)15(19)13-9-11(2)5-6-14(13)16/h11-14H,4-10,16H2,1-3H3. The van der Waals surface area contributed by atoms with E-state index >= 15 is 0 Å². The molecule has 4 nitrogen and oxygen atoms in total. The van der Waals surface area contributed by atoms with Gasteiger partial charge in [-0.1, -0.05) is 13.8 Å². The van der Waals surface area contributed by atoms with Gasteiger partial charge in [-0.3, -0.25) is 9.69 Å². The minimum absolute atomic E-state index is 0.0599. The lowest BCUT2D eigenvalue weighted by Crippen LogP contribution is -2.56. The average molecular weight is 267 g/mol. The molecule has 4 unspecified atom stereocenters. The van der Waals surface area contributed by atoms with Gasteiger partial charge in [0.15, 0.2) is 0 Å². The van der Waals surface area contributed by atoms with Crippen LogP contribution in [-0.4, -0.2) is 54.5 Å². The fraction of sp³-hybridized carbons (Fsp3) is 0.933. The number of carbonyl (C=O) groups is 1. The van der Waals surface area contributed by atoms with Crippen LogP contribution in [0, 0.1) is 11.8 Å². The number of amides is 1. The molecule has 2 fully saturated rings. The van der Waals surface area contributed by atoms with E-state index in [0.717, 1.165) is 38.9 Å². The van der Waals surface area contributed by atoms with E-state index in [1.807, 2.05) is 0 Å². The summed E-state index contributed by atoms with van der Waals surface area (Å²) in [5.74, 6) is 1.01. The molecular formula is C15H29N3O. The van der Waals surface area contributed by atoms with Gasteiger partial charge in [0.25, 0.3) is 0 Å². The molecule has 4 heteroatoms. The second kappa shape index (κ2) is 6.23. The lowest BCUT2D eigenvalue weighted by Gasteiger charge is -2.42. The smallest absolute Gasteiger partial charge is 0.227 e. The summed E-state index contributed by atoms with van der Waals surface area (Å²) in [6.07, 6.45) is 4.25. The SMILES string of the molecule is CCC1CN(C(=O)C2CC(C)CCC2N)CCN1C. The number of likely N-dealkylation sites (N-methyl/N-ethyl adjacent to an activating group) is 1. The van der Waals surface area contributed by atoms with Crippen molar-refractivity contribution in [3.8, 4) is 0 Å². The second-order valence-corrected chi connectivity index (χ2v) is 6.52. The highest BCUT2D eigenvalue weighted by atomic mass is 16.2. The topological polar surface area (TPSA) is 49.6 Å². The fourth-order valence-electron chi connectivity index (χ4n) is 3.51. The molecule has 0 aromatic carbocycles. The minimum Gasteiger partial charge on any atom is -0.340 e. The Kier molecular flexibility index (Phi) is 4.85. The van der Waals surface area contributed by atoms with Gasteiger partial charge in [-0.2, -0.15) is 0 Å². The van der Waals surface area contributed by atoms with Crippen LogP contribution in [0.1, 0.15) is 39.5 Å². The molecular weight excluding hydrogens is 238 g/mol. The molecule has 2 aliphatic rings. The third-order valence-corrected chi connectivity index (χ3v) is 5.04. The Labute approximate surface area is 117 Å². The molecule has 1 aliphatic heterocycles. The predicted octanol–water partition coefficient (Wildman–Crippen LogP) is 1.30. The summed E-state index contributed by atoms with van der Waals surface area (Å²) < 4.78 is 0. The van der Waals surface area contributed by atoms with Crippen molar-refractivity contribution in [3.05, 3.63) is 0 Å². The fourth-order valence-corrected chi connectivity index (χ4v) is 3.51. The van der Waals surface area contributed by atoms with Gasteiger partial charge in [-0.15, -0.1) is 0 Å². The summed E-state index contributed by atoms with van der Waals surface area (Å²) in [6, 6.07) is 0.582. The molecule has 0 spiro atoms. The Morgan fingerprint density at radius 2 is 2.05 bits per heavy atom. The number of piperazine rings is 1. The highest BCUT2D eigenvalue weighted by Crippen LogP contribution is 2.30. The lowest BCUT2D eigenvalue weighted by atomic mass is 9.78. The Hall–Kier alpha value is -0.610.